The summed E-state index contributed by atoms with van der Waals surface area (Å²) in [5.74, 6) is 0.150. The lowest BCUT2D eigenvalue weighted by atomic mass is 10.2. The molecule has 0 radical (unpaired) electrons. The molecule has 88 valence electrons. The molecule has 0 fully saturated rings. The first-order valence-electron chi connectivity index (χ1n) is 4.16. The molecule has 6 nitrogen and oxygen atoms in total. The van der Waals surface area contributed by atoms with E-state index < -0.39 is 6.16 Å². The topological polar surface area (TPSA) is 93.1 Å². The van der Waals surface area contributed by atoms with E-state index in [1.807, 2.05) is 0 Å². The van der Waals surface area contributed by atoms with Crippen LogP contribution in [-0.2, 0) is 4.74 Å². The Morgan fingerprint density at radius 2 is 1.62 bits per heavy atom. The molecule has 0 aliphatic carbocycles. The van der Waals surface area contributed by atoms with E-state index >= 15 is 0 Å². The molecule has 1 rings (SSSR count). The second-order valence-corrected chi connectivity index (χ2v) is 2.47. The quantitative estimate of drug-likeness (QED) is 0.748. The van der Waals surface area contributed by atoms with Crippen LogP contribution >= 0.6 is 0 Å². The Morgan fingerprint density at radius 1 is 1.12 bits per heavy atom. The van der Waals surface area contributed by atoms with Crippen LogP contribution in [0.25, 0.3) is 0 Å². The molecule has 16 heavy (non-hydrogen) atoms. The zero-order valence-corrected chi connectivity index (χ0v) is 8.84. The van der Waals surface area contributed by atoms with Gasteiger partial charge in [-0.05, 0) is 12.1 Å². The normalized spacial score (nSPS) is 8.38. The Hall–Kier alpha value is -2.24. The summed E-state index contributed by atoms with van der Waals surface area (Å²) < 4.78 is 9.53. The molecule has 0 aliphatic heterocycles. The summed E-state index contributed by atoms with van der Waals surface area (Å²) in [7, 11) is 2.86. The molecule has 0 unspecified atom stereocenters. The lowest BCUT2D eigenvalue weighted by Gasteiger charge is -2.04. The van der Waals surface area contributed by atoms with Crippen LogP contribution in [0.1, 0.15) is 10.4 Å². The molecular weight excluding hydrogens is 216 g/mol. The van der Waals surface area contributed by atoms with Crippen molar-refractivity contribution in [1.82, 2.24) is 0 Å². The standard InChI is InChI=1S/C9H10O3.CH2O3/c1-11-8-6-4-3-5-7(8)9(10)12-2;2-1(3)4/h3-6H,1-2H3;(H2,2,3,4). The van der Waals surface area contributed by atoms with Crippen LogP contribution in [0.5, 0.6) is 5.75 Å². The van der Waals surface area contributed by atoms with Crippen molar-refractivity contribution < 1.29 is 29.3 Å². The minimum absolute atomic E-state index is 0.382. The SMILES string of the molecule is COC(=O)c1ccccc1OC.O=C(O)O. The molecule has 0 amide bonds. The fourth-order valence-electron chi connectivity index (χ4n) is 0.923. The number of para-hydroxylation sites is 1. The third kappa shape index (κ3) is 4.85. The average molecular weight is 228 g/mol. The van der Waals surface area contributed by atoms with Gasteiger partial charge in [-0.3, -0.25) is 0 Å². The van der Waals surface area contributed by atoms with Gasteiger partial charge in [-0.25, -0.2) is 9.59 Å². The van der Waals surface area contributed by atoms with Crippen LogP contribution in [0.3, 0.4) is 0 Å². The van der Waals surface area contributed by atoms with Crippen LogP contribution in [0.15, 0.2) is 24.3 Å². The van der Waals surface area contributed by atoms with Gasteiger partial charge in [-0.2, -0.15) is 0 Å². The van der Waals surface area contributed by atoms with E-state index in [1.165, 1.54) is 14.2 Å². The van der Waals surface area contributed by atoms with Gasteiger partial charge in [-0.15, -0.1) is 0 Å². The van der Waals surface area contributed by atoms with Gasteiger partial charge < -0.3 is 19.7 Å². The van der Waals surface area contributed by atoms with Crippen LogP contribution in [0.4, 0.5) is 4.79 Å². The van der Waals surface area contributed by atoms with Gasteiger partial charge in [0.2, 0.25) is 0 Å². The largest absolute Gasteiger partial charge is 0.503 e. The zero-order chi connectivity index (χ0) is 12.6. The van der Waals surface area contributed by atoms with Crippen LogP contribution in [-0.4, -0.2) is 36.6 Å². The predicted molar refractivity (Wildman–Crippen MR) is 55.0 cm³/mol. The minimum atomic E-state index is -1.83. The van der Waals surface area contributed by atoms with E-state index in [0.29, 0.717) is 11.3 Å². The number of carboxylic acid groups (broad SMARTS) is 2. The lowest BCUT2D eigenvalue weighted by Crippen LogP contribution is -2.03. The summed E-state index contributed by atoms with van der Waals surface area (Å²) in [6.07, 6.45) is -1.83. The van der Waals surface area contributed by atoms with E-state index in [4.69, 9.17) is 19.7 Å². The van der Waals surface area contributed by atoms with Crippen molar-refractivity contribution in [1.29, 1.82) is 0 Å². The lowest BCUT2D eigenvalue weighted by molar-refractivity contribution is 0.0597. The monoisotopic (exact) mass is 228 g/mol. The number of esters is 1. The molecular formula is C10H12O6. The molecule has 0 bridgehead atoms. The van der Waals surface area contributed by atoms with Gasteiger partial charge >= 0.3 is 12.1 Å². The molecule has 6 heteroatoms. The van der Waals surface area contributed by atoms with E-state index in [2.05, 4.69) is 4.74 Å². The number of ether oxygens (including phenoxy) is 2. The van der Waals surface area contributed by atoms with E-state index in [-0.39, 0.29) is 5.97 Å². The summed E-state index contributed by atoms with van der Waals surface area (Å²) in [5.41, 5.74) is 0.447. The molecule has 1 aromatic rings. The summed E-state index contributed by atoms with van der Waals surface area (Å²) in [6.45, 7) is 0. The van der Waals surface area contributed by atoms with Gasteiger partial charge in [0.25, 0.3) is 0 Å². The number of hydrogen-bond acceptors (Lipinski definition) is 4. The molecule has 0 spiro atoms. The second-order valence-electron chi connectivity index (χ2n) is 2.47. The molecule has 0 aliphatic rings. The first-order valence-corrected chi connectivity index (χ1v) is 4.16. The van der Waals surface area contributed by atoms with Crippen molar-refractivity contribution in [2.45, 2.75) is 0 Å². The second kappa shape index (κ2) is 7.10. The molecule has 0 heterocycles. The highest BCUT2D eigenvalue weighted by Gasteiger charge is 2.10. The predicted octanol–water partition coefficient (Wildman–Crippen LogP) is 1.70. The van der Waals surface area contributed by atoms with Crippen molar-refractivity contribution in [2.24, 2.45) is 0 Å². The van der Waals surface area contributed by atoms with Gasteiger partial charge in [0.15, 0.2) is 0 Å². The maximum absolute atomic E-state index is 11.1. The van der Waals surface area contributed by atoms with Crippen molar-refractivity contribution in [3.05, 3.63) is 29.8 Å². The number of benzene rings is 1. The number of hydrogen-bond donors (Lipinski definition) is 2. The molecule has 0 saturated heterocycles. The number of carbonyl (C=O) groups excluding carboxylic acids is 1. The number of rotatable bonds is 2. The van der Waals surface area contributed by atoms with E-state index in [1.54, 1.807) is 24.3 Å². The molecule has 2 N–H and O–H groups in total. The Bertz CT molecular complexity index is 356. The first-order chi connectivity index (χ1) is 7.52. The first kappa shape index (κ1) is 13.8. The van der Waals surface area contributed by atoms with Gasteiger partial charge in [0.1, 0.15) is 11.3 Å². The van der Waals surface area contributed by atoms with Crippen molar-refractivity contribution in [3.8, 4) is 5.75 Å². The highest BCUT2D eigenvalue weighted by atomic mass is 16.6. The zero-order valence-electron chi connectivity index (χ0n) is 8.84. The third-order valence-electron chi connectivity index (χ3n) is 1.51. The van der Waals surface area contributed by atoms with Crippen LogP contribution in [0, 0.1) is 0 Å². The van der Waals surface area contributed by atoms with E-state index in [9.17, 15) is 4.79 Å². The van der Waals surface area contributed by atoms with Gasteiger partial charge in [-0.1, -0.05) is 12.1 Å². The Kier molecular flexibility index (Phi) is 6.11. The number of methoxy groups -OCH3 is 2. The molecule has 0 saturated carbocycles. The molecule has 1 aromatic carbocycles. The molecule has 0 atom stereocenters. The average Bonchev–Trinajstić information content (AvgIpc) is 2.27. The van der Waals surface area contributed by atoms with Gasteiger partial charge in [0, 0.05) is 0 Å². The fourth-order valence-corrected chi connectivity index (χ4v) is 0.923. The minimum Gasteiger partial charge on any atom is -0.496 e. The fraction of sp³-hybridized carbons (Fsp3) is 0.200. The summed E-state index contributed by atoms with van der Waals surface area (Å²) in [5, 5.41) is 13.9. The Balaban J connectivity index is 0.000000487. The molecule has 0 aromatic heterocycles. The van der Waals surface area contributed by atoms with E-state index in [0.717, 1.165) is 0 Å². The van der Waals surface area contributed by atoms with Crippen LogP contribution < -0.4 is 4.74 Å². The highest BCUT2D eigenvalue weighted by Crippen LogP contribution is 2.17. The van der Waals surface area contributed by atoms with Crippen molar-refractivity contribution in [2.75, 3.05) is 14.2 Å². The van der Waals surface area contributed by atoms with Gasteiger partial charge in [0.05, 0.1) is 14.2 Å². The highest BCUT2D eigenvalue weighted by molar-refractivity contribution is 5.92. The summed E-state index contributed by atoms with van der Waals surface area (Å²) in [4.78, 5) is 19.6. The van der Waals surface area contributed by atoms with Crippen molar-refractivity contribution in [3.63, 3.8) is 0 Å². The smallest absolute Gasteiger partial charge is 0.496 e. The maximum Gasteiger partial charge on any atom is 0.503 e. The summed E-state index contributed by atoms with van der Waals surface area (Å²) in [6, 6.07) is 6.93. The summed E-state index contributed by atoms with van der Waals surface area (Å²) >= 11 is 0. The van der Waals surface area contributed by atoms with Crippen LogP contribution in [0.2, 0.25) is 0 Å². The Labute approximate surface area is 92.0 Å². The third-order valence-corrected chi connectivity index (χ3v) is 1.51. The Morgan fingerprint density at radius 3 is 2.06 bits per heavy atom. The van der Waals surface area contributed by atoms with Crippen molar-refractivity contribution >= 4 is 12.1 Å². The maximum atomic E-state index is 11.1. The number of carbonyl (C=O) groups is 2.